The summed E-state index contributed by atoms with van der Waals surface area (Å²) in [7, 11) is 1.76. The lowest BCUT2D eigenvalue weighted by Gasteiger charge is -2.36. The quantitative estimate of drug-likeness (QED) is 0.708. The van der Waals surface area contributed by atoms with Crippen molar-refractivity contribution in [3.05, 3.63) is 0 Å². The van der Waals surface area contributed by atoms with Crippen molar-refractivity contribution in [3.63, 3.8) is 0 Å². The molecule has 0 aliphatic heterocycles. The highest BCUT2D eigenvalue weighted by Crippen LogP contribution is 2.29. The molecule has 0 unspecified atom stereocenters. The minimum absolute atomic E-state index is 0.0543. The summed E-state index contributed by atoms with van der Waals surface area (Å²) in [6.45, 7) is 4.15. The SMILES string of the molecule is CN(CC1CC(O)C1)C(=O)C(C)(C)C(N)=S. The van der Waals surface area contributed by atoms with E-state index in [-0.39, 0.29) is 17.0 Å². The first-order valence-corrected chi connectivity index (χ1v) is 5.89. The number of carbonyl (C=O) groups is 1. The van der Waals surface area contributed by atoms with Crippen molar-refractivity contribution in [2.24, 2.45) is 17.1 Å². The van der Waals surface area contributed by atoms with Crippen molar-refractivity contribution in [2.45, 2.75) is 32.8 Å². The lowest BCUT2D eigenvalue weighted by molar-refractivity contribution is -0.137. The molecule has 0 radical (unpaired) electrons. The second-order valence-electron chi connectivity index (χ2n) is 5.17. The van der Waals surface area contributed by atoms with Crippen molar-refractivity contribution >= 4 is 23.1 Å². The maximum absolute atomic E-state index is 12.1. The zero-order chi connectivity index (χ0) is 12.5. The van der Waals surface area contributed by atoms with Gasteiger partial charge in [0.05, 0.1) is 16.5 Å². The third kappa shape index (κ3) is 2.71. The van der Waals surface area contributed by atoms with E-state index in [0.717, 1.165) is 12.8 Å². The van der Waals surface area contributed by atoms with Gasteiger partial charge in [0.15, 0.2) is 0 Å². The summed E-state index contributed by atoms with van der Waals surface area (Å²) < 4.78 is 0. The number of rotatable bonds is 4. The number of carbonyl (C=O) groups excluding carboxylic acids is 1. The molecule has 16 heavy (non-hydrogen) atoms. The van der Waals surface area contributed by atoms with Gasteiger partial charge >= 0.3 is 0 Å². The summed E-state index contributed by atoms with van der Waals surface area (Å²) in [4.78, 5) is 13.9. The summed E-state index contributed by atoms with van der Waals surface area (Å²) in [6.07, 6.45) is 1.38. The fourth-order valence-electron chi connectivity index (χ4n) is 1.90. The van der Waals surface area contributed by atoms with Gasteiger partial charge in [0.25, 0.3) is 0 Å². The molecule has 0 aromatic heterocycles. The maximum atomic E-state index is 12.1. The first-order chi connectivity index (χ1) is 7.25. The predicted octanol–water partition coefficient (Wildman–Crippen LogP) is 0.528. The number of nitrogens with two attached hydrogens (primary N) is 1. The van der Waals surface area contributed by atoms with Gasteiger partial charge in [-0.05, 0) is 32.6 Å². The molecule has 1 aliphatic rings. The maximum Gasteiger partial charge on any atom is 0.234 e. The average molecular weight is 244 g/mol. The topological polar surface area (TPSA) is 66.6 Å². The Morgan fingerprint density at radius 2 is 2.06 bits per heavy atom. The monoisotopic (exact) mass is 244 g/mol. The van der Waals surface area contributed by atoms with Crippen molar-refractivity contribution in [1.29, 1.82) is 0 Å². The molecule has 1 saturated carbocycles. The minimum Gasteiger partial charge on any atom is -0.393 e. The molecular weight excluding hydrogens is 224 g/mol. The van der Waals surface area contributed by atoms with E-state index < -0.39 is 5.41 Å². The van der Waals surface area contributed by atoms with Gasteiger partial charge in [0.1, 0.15) is 0 Å². The number of aliphatic hydroxyl groups is 1. The number of aliphatic hydroxyl groups excluding tert-OH is 1. The molecule has 0 heterocycles. The van der Waals surface area contributed by atoms with Crippen LogP contribution in [-0.2, 0) is 4.79 Å². The van der Waals surface area contributed by atoms with Crippen molar-refractivity contribution in [1.82, 2.24) is 4.90 Å². The van der Waals surface area contributed by atoms with Crippen molar-refractivity contribution in [3.8, 4) is 0 Å². The molecule has 5 heteroatoms. The smallest absolute Gasteiger partial charge is 0.234 e. The van der Waals surface area contributed by atoms with Gasteiger partial charge < -0.3 is 15.7 Å². The minimum atomic E-state index is -0.785. The van der Waals surface area contributed by atoms with Gasteiger partial charge in [-0.25, -0.2) is 0 Å². The number of hydrogen-bond acceptors (Lipinski definition) is 3. The first kappa shape index (κ1) is 13.4. The van der Waals surface area contributed by atoms with Crippen LogP contribution in [0.4, 0.5) is 0 Å². The van der Waals surface area contributed by atoms with E-state index in [1.54, 1.807) is 25.8 Å². The van der Waals surface area contributed by atoms with Crippen LogP contribution in [0.5, 0.6) is 0 Å². The van der Waals surface area contributed by atoms with Crippen molar-refractivity contribution in [2.75, 3.05) is 13.6 Å². The van der Waals surface area contributed by atoms with Crippen LogP contribution in [0.15, 0.2) is 0 Å². The molecule has 4 nitrogen and oxygen atoms in total. The number of hydrogen-bond donors (Lipinski definition) is 2. The van der Waals surface area contributed by atoms with Gasteiger partial charge in [0, 0.05) is 13.6 Å². The van der Waals surface area contributed by atoms with E-state index in [1.807, 2.05) is 0 Å². The fourth-order valence-corrected chi connectivity index (χ4v) is 1.99. The molecule has 0 aromatic rings. The van der Waals surface area contributed by atoms with Gasteiger partial charge in [-0.15, -0.1) is 0 Å². The molecule has 0 bridgehead atoms. The van der Waals surface area contributed by atoms with Gasteiger partial charge in [-0.2, -0.15) is 0 Å². The van der Waals surface area contributed by atoms with E-state index in [9.17, 15) is 9.90 Å². The molecule has 0 saturated heterocycles. The fraction of sp³-hybridized carbons (Fsp3) is 0.818. The Morgan fingerprint density at radius 3 is 2.44 bits per heavy atom. The lowest BCUT2D eigenvalue weighted by atomic mass is 9.81. The summed E-state index contributed by atoms with van der Waals surface area (Å²) in [6, 6.07) is 0. The predicted molar refractivity (Wildman–Crippen MR) is 66.9 cm³/mol. The summed E-state index contributed by atoms with van der Waals surface area (Å²) >= 11 is 4.89. The van der Waals surface area contributed by atoms with E-state index in [0.29, 0.717) is 12.5 Å². The average Bonchev–Trinajstić information content (AvgIpc) is 2.13. The summed E-state index contributed by atoms with van der Waals surface area (Å²) in [5.41, 5.74) is 4.77. The third-order valence-corrected chi connectivity index (χ3v) is 3.75. The molecule has 0 atom stereocenters. The van der Waals surface area contributed by atoms with Gasteiger partial charge in [-0.1, -0.05) is 12.2 Å². The van der Waals surface area contributed by atoms with E-state index >= 15 is 0 Å². The van der Waals surface area contributed by atoms with Gasteiger partial charge in [0.2, 0.25) is 5.91 Å². The molecule has 1 amide bonds. The Labute approximate surface area is 102 Å². The summed E-state index contributed by atoms with van der Waals surface area (Å²) in [5, 5.41) is 9.17. The summed E-state index contributed by atoms with van der Waals surface area (Å²) in [5.74, 6) is 0.354. The molecule has 0 aromatic carbocycles. The van der Waals surface area contributed by atoms with Crippen LogP contribution in [0.1, 0.15) is 26.7 Å². The first-order valence-electron chi connectivity index (χ1n) is 5.48. The van der Waals surface area contributed by atoms with Crippen LogP contribution in [-0.4, -0.2) is 40.6 Å². The molecule has 1 fully saturated rings. The molecule has 3 N–H and O–H groups in total. The highest BCUT2D eigenvalue weighted by atomic mass is 32.1. The lowest BCUT2D eigenvalue weighted by Crippen LogP contribution is -2.48. The Morgan fingerprint density at radius 1 is 1.56 bits per heavy atom. The molecule has 1 aliphatic carbocycles. The zero-order valence-corrected chi connectivity index (χ0v) is 10.9. The molecule has 1 rings (SSSR count). The Kier molecular flexibility index (Phi) is 3.91. The number of nitrogens with zero attached hydrogens (tertiary/aromatic N) is 1. The Bertz CT molecular complexity index is 298. The molecular formula is C11H20N2O2S. The second-order valence-corrected chi connectivity index (χ2v) is 5.61. The van der Waals surface area contributed by atoms with Crippen LogP contribution in [0.3, 0.4) is 0 Å². The van der Waals surface area contributed by atoms with E-state index in [1.165, 1.54) is 0 Å². The van der Waals surface area contributed by atoms with Crippen LogP contribution < -0.4 is 5.73 Å². The van der Waals surface area contributed by atoms with Gasteiger partial charge in [-0.3, -0.25) is 4.79 Å². The Hall–Kier alpha value is -0.680. The van der Waals surface area contributed by atoms with Crippen molar-refractivity contribution < 1.29 is 9.90 Å². The zero-order valence-electron chi connectivity index (χ0n) is 10.1. The van der Waals surface area contributed by atoms with Crippen LogP contribution in [0, 0.1) is 11.3 Å². The number of thiocarbonyl (C=S) groups is 1. The number of amides is 1. The molecule has 92 valence electrons. The second kappa shape index (κ2) is 4.67. The van der Waals surface area contributed by atoms with Crippen LogP contribution >= 0.6 is 12.2 Å². The Balaban J connectivity index is 2.50. The van der Waals surface area contributed by atoms with E-state index in [2.05, 4.69) is 0 Å². The normalized spacial score (nSPS) is 24.8. The largest absolute Gasteiger partial charge is 0.393 e. The van der Waals surface area contributed by atoms with E-state index in [4.69, 9.17) is 18.0 Å². The van der Waals surface area contributed by atoms with Crippen LogP contribution in [0.2, 0.25) is 0 Å². The standard InChI is InChI=1S/C11H20N2O2S/c1-11(2,9(12)16)10(15)13(3)6-7-4-8(14)5-7/h7-8,14H,4-6H2,1-3H3,(H2,12,16). The highest BCUT2D eigenvalue weighted by Gasteiger charge is 2.36. The highest BCUT2D eigenvalue weighted by molar-refractivity contribution is 7.80. The third-order valence-electron chi connectivity index (χ3n) is 3.24. The molecule has 0 spiro atoms. The van der Waals surface area contributed by atoms with Crippen LogP contribution in [0.25, 0.3) is 0 Å².